The second kappa shape index (κ2) is 18.5. The average Bonchev–Trinajstić information content (AvgIpc) is 3.85. The Morgan fingerprint density at radius 3 is 2.08 bits per heavy atom. The van der Waals surface area contributed by atoms with Gasteiger partial charge in [-0.1, -0.05) is 45.0 Å². The molecule has 0 amide bonds. The smallest absolute Gasteiger partial charge is 0 e. The number of benzene rings is 6. The van der Waals surface area contributed by atoms with Crippen LogP contribution in [0.4, 0.5) is 4.39 Å². The number of furan rings is 1. The molecule has 1 radical (unpaired) electrons. The van der Waals surface area contributed by atoms with E-state index in [9.17, 15) is 5.26 Å². The number of imidazole rings is 1. The van der Waals surface area contributed by atoms with Crippen LogP contribution in [0.1, 0.15) is 82.6 Å². The van der Waals surface area contributed by atoms with Gasteiger partial charge in [-0.3, -0.25) is 4.39 Å². The van der Waals surface area contributed by atoms with Crippen LogP contribution in [-0.2, 0) is 25.5 Å². The molecular weight excluding hydrogens is 1030 g/mol. The number of rotatable bonds is 7. The van der Waals surface area contributed by atoms with Crippen LogP contribution in [0.5, 0.6) is 0 Å². The molecule has 0 saturated heterocycles. The van der Waals surface area contributed by atoms with E-state index in [1.54, 1.807) is 18.2 Å². The number of pyridine rings is 1. The molecule has 8 heteroatoms. The molecule has 0 N–H and O–H groups in total. The summed E-state index contributed by atoms with van der Waals surface area (Å²) >= 11 is -1.95. The van der Waals surface area contributed by atoms with Gasteiger partial charge in [-0.25, -0.2) is 0 Å². The second-order valence-corrected chi connectivity index (χ2v) is 29.7. The Kier molecular flexibility index (Phi) is 13.4. The minimum atomic E-state index is -1.95. The van der Waals surface area contributed by atoms with Crippen molar-refractivity contribution in [3.8, 4) is 45.5 Å². The van der Waals surface area contributed by atoms with E-state index in [2.05, 4.69) is 148 Å². The summed E-state index contributed by atoms with van der Waals surface area (Å²) in [7, 11) is 0. The zero-order chi connectivity index (χ0) is 44.8. The Labute approximate surface area is 393 Å². The molecular formula is C56H53FGeIrN4O-2. The predicted octanol–water partition coefficient (Wildman–Crippen LogP) is 14.7. The van der Waals surface area contributed by atoms with Gasteiger partial charge < -0.3 is 9.40 Å². The van der Waals surface area contributed by atoms with Gasteiger partial charge in [-0.15, -0.1) is 42.0 Å². The minimum absolute atomic E-state index is 0. The van der Waals surface area contributed by atoms with Crippen LogP contribution in [0, 0.1) is 29.3 Å². The van der Waals surface area contributed by atoms with Crippen LogP contribution in [0.2, 0.25) is 17.3 Å². The van der Waals surface area contributed by atoms with E-state index in [0.717, 1.165) is 28.0 Å². The summed E-state index contributed by atoms with van der Waals surface area (Å²) in [4.78, 5) is 9.64. The molecule has 0 bridgehead atoms. The van der Waals surface area contributed by atoms with E-state index < -0.39 is 19.1 Å². The molecule has 0 unspecified atom stereocenters. The summed E-state index contributed by atoms with van der Waals surface area (Å²) in [6.07, 6.45) is 1.95. The number of para-hydroxylation sites is 2. The van der Waals surface area contributed by atoms with Crippen molar-refractivity contribution in [2.75, 3.05) is 0 Å². The zero-order valence-electron chi connectivity index (χ0n) is 38.2. The van der Waals surface area contributed by atoms with Crippen molar-refractivity contribution in [3.63, 3.8) is 0 Å². The SMILES string of the molecule is CC(C)(C)c1ccc(-c2[c-]cccc2)nc1.CC(C)c1cc(-c2cc[c]([Ge]([CH3])([CH3])[CH3])cc2)cc(C(C)C)c1-n1c(-c2[c-]cc(F)c3c2oc2cc(C#N)ccc23)nc2ccccc21.[Ir]. The first-order chi connectivity index (χ1) is 30.0. The molecule has 0 spiro atoms. The fourth-order valence-corrected chi connectivity index (χ4v) is 10.6. The third-order valence-electron chi connectivity index (χ3n) is 11.7. The van der Waals surface area contributed by atoms with E-state index in [0.29, 0.717) is 38.9 Å². The number of nitrogens with zero attached hydrogens (tertiary/aromatic N) is 4. The summed E-state index contributed by atoms with van der Waals surface area (Å²) in [5.41, 5.74) is 13.0. The maximum Gasteiger partial charge on any atom is 0 e. The molecule has 9 aromatic rings. The molecule has 5 nitrogen and oxygen atoms in total. The van der Waals surface area contributed by atoms with Crippen LogP contribution in [-0.4, -0.2) is 27.8 Å². The maximum absolute atomic E-state index is 15.5. The van der Waals surface area contributed by atoms with E-state index in [1.165, 1.54) is 38.3 Å². The fourth-order valence-electron chi connectivity index (χ4n) is 8.14. The largest absolute Gasteiger partial charge is 0 e. The Morgan fingerprint density at radius 2 is 1.48 bits per heavy atom. The van der Waals surface area contributed by atoms with Crippen molar-refractivity contribution in [2.24, 2.45) is 0 Å². The first-order valence-electron chi connectivity index (χ1n) is 21.7. The van der Waals surface area contributed by atoms with Gasteiger partial charge in [-0.05, 0) is 34.2 Å². The van der Waals surface area contributed by atoms with Crippen molar-refractivity contribution < 1.29 is 28.9 Å². The Hall–Kier alpha value is -5.65. The molecule has 0 atom stereocenters. The molecule has 0 aliphatic rings. The third kappa shape index (κ3) is 9.15. The van der Waals surface area contributed by atoms with E-state index in [4.69, 9.17) is 9.40 Å². The van der Waals surface area contributed by atoms with Crippen molar-refractivity contribution >= 4 is 50.6 Å². The number of halogens is 1. The number of hydrogen-bond donors (Lipinski definition) is 0. The normalized spacial score (nSPS) is 11.8. The van der Waals surface area contributed by atoms with Crippen LogP contribution in [0.25, 0.3) is 72.4 Å². The van der Waals surface area contributed by atoms with E-state index in [1.807, 2.05) is 48.7 Å². The molecule has 3 heterocycles. The fraction of sp³-hybridized carbons (Fsp3) is 0.232. The van der Waals surface area contributed by atoms with Crippen molar-refractivity contribution in [2.45, 2.75) is 83.0 Å². The summed E-state index contributed by atoms with van der Waals surface area (Å²) in [5.74, 6) is 7.88. The van der Waals surface area contributed by atoms with E-state index in [-0.39, 0.29) is 37.4 Å². The molecule has 0 fully saturated rings. The molecule has 0 aliphatic heterocycles. The van der Waals surface area contributed by atoms with Crippen LogP contribution in [0.3, 0.4) is 0 Å². The average molecular weight is 1080 g/mol. The minimum Gasteiger partial charge on any atom is 0 e. The van der Waals surface area contributed by atoms with Crippen molar-refractivity contribution in [1.82, 2.24) is 14.5 Å². The standard InChI is InChI=1S/C41H37FGeN3O.C15H16N.Ir/c1-24(2)32-21-28(27-13-15-29(16-14-27)43(5,6)7)22-33(25(3)4)39(32)46-36-11-9-8-10-35(36)45-41(46)31-18-19-34(42)38-30-17-12-26(23-44)20-37(30)47-40(31)38;1-15(2,3)13-9-10-14(16-11-13)12-7-5-4-6-8-12;/h8-17,19-22,24-25H,1-7H3;4-7,9-11H,1-3H3;/q2*-1;. The summed E-state index contributed by atoms with van der Waals surface area (Å²) < 4.78 is 25.6. The zero-order valence-corrected chi connectivity index (χ0v) is 42.7. The van der Waals surface area contributed by atoms with Crippen molar-refractivity contribution in [1.29, 1.82) is 5.26 Å². The monoisotopic (exact) mass is 1080 g/mol. The Bertz CT molecular complexity index is 3120. The van der Waals surface area contributed by atoms with Crippen LogP contribution in [0.15, 0.2) is 132 Å². The van der Waals surface area contributed by atoms with Gasteiger partial charge in [0.1, 0.15) is 5.58 Å². The van der Waals surface area contributed by atoms with Gasteiger partial charge in [0, 0.05) is 37.5 Å². The summed E-state index contributed by atoms with van der Waals surface area (Å²) in [5, 5.41) is 10.5. The molecule has 3 aromatic heterocycles. The number of hydrogen-bond acceptors (Lipinski definition) is 4. The van der Waals surface area contributed by atoms with E-state index >= 15 is 4.39 Å². The van der Waals surface area contributed by atoms with Crippen molar-refractivity contribution in [3.05, 3.63) is 168 Å². The van der Waals surface area contributed by atoms with Crippen LogP contribution < -0.4 is 4.40 Å². The third-order valence-corrected chi connectivity index (χ3v) is 16.1. The molecule has 64 heavy (non-hydrogen) atoms. The molecule has 6 aromatic carbocycles. The Balaban J connectivity index is 0.000000304. The topological polar surface area (TPSA) is 67.6 Å². The molecule has 9 rings (SSSR count). The number of aromatic nitrogens is 3. The molecule has 325 valence electrons. The number of fused-ring (bicyclic) bond motifs is 4. The summed E-state index contributed by atoms with van der Waals surface area (Å²) in [6.45, 7) is 15.5. The van der Waals surface area contributed by atoms with Gasteiger partial charge in [-0.2, -0.15) is 5.26 Å². The number of nitriles is 1. The second-order valence-electron chi connectivity index (χ2n) is 19.0. The Morgan fingerprint density at radius 1 is 0.797 bits per heavy atom. The van der Waals surface area contributed by atoms with Gasteiger partial charge in [0.25, 0.3) is 0 Å². The van der Waals surface area contributed by atoms with Gasteiger partial charge in [0.05, 0.1) is 11.6 Å². The predicted molar refractivity (Wildman–Crippen MR) is 261 cm³/mol. The van der Waals surface area contributed by atoms with Crippen LogP contribution >= 0.6 is 0 Å². The first-order valence-corrected chi connectivity index (χ1v) is 29.0. The summed E-state index contributed by atoms with van der Waals surface area (Å²) in [6, 6.07) is 49.0. The van der Waals surface area contributed by atoms with Gasteiger partial charge in [0.15, 0.2) is 0 Å². The maximum atomic E-state index is 15.5. The molecule has 0 saturated carbocycles. The van der Waals surface area contributed by atoms with Gasteiger partial charge >= 0.3 is 201 Å². The quantitative estimate of drug-likeness (QED) is 0.118. The first kappa shape index (κ1) is 46.3. The van der Waals surface area contributed by atoms with Gasteiger partial charge in [0.2, 0.25) is 0 Å². The molecule has 0 aliphatic carbocycles.